The van der Waals surface area contributed by atoms with Crippen molar-refractivity contribution >= 4 is 28.9 Å². The molecule has 0 aromatic heterocycles. The number of hydrogen-bond donors (Lipinski definition) is 1. The number of fused-ring (bicyclic) bond motifs is 2. The van der Waals surface area contributed by atoms with E-state index in [4.69, 9.17) is 17.3 Å². The molecule has 0 fully saturated rings. The fraction of sp³-hybridized carbons (Fsp3) is 0.125. The minimum atomic E-state index is 0.661. The zero-order valence-electron chi connectivity index (χ0n) is 10.4. The van der Waals surface area contributed by atoms with Crippen molar-refractivity contribution < 1.29 is 0 Å². The minimum absolute atomic E-state index is 0.661. The van der Waals surface area contributed by atoms with Crippen LogP contribution in [0, 0.1) is 0 Å². The SMILES string of the molecule is NCCC=C1c2ccccc2Sc2ccc(Cl)cc21. The van der Waals surface area contributed by atoms with Gasteiger partial charge in [0.1, 0.15) is 0 Å². The third kappa shape index (κ3) is 2.44. The smallest absolute Gasteiger partial charge is 0.0412 e. The Kier molecular flexibility index (Phi) is 3.65. The second kappa shape index (κ2) is 5.41. The highest BCUT2D eigenvalue weighted by Crippen LogP contribution is 2.45. The van der Waals surface area contributed by atoms with Crippen LogP contribution < -0.4 is 5.73 Å². The molecule has 0 radical (unpaired) electrons. The van der Waals surface area contributed by atoms with Gasteiger partial charge in [-0.05, 0) is 53.9 Å². The topological polar surface area (TPSA) is 26.0 Å². The molecule has 0 aliphatic carbocycles. The lowest BCUT2D eigenvalue weighted by Crippen LogP contribution is -2.01. The summed E-state index contributed by atoms with van der Waals surface area (Å²) in [6.07, 6.45) is 3.09. The van der Waals surface area contributed by atoms with Crippen LogP contribution in [-0.4, -0.2) is 6.54 Å². The Bertz CT molecular complexity index is 649. The van der Waals surface area contributed by atoms with E-state index in [0.717, 1.165) is 11.4 Å². The van der Waals surface area contributed by atoms with Crippen LogP contribution in [0.3, 0.4) is 0 Å². The van der Waals surface area contributed by atoms with Crippen LogP contribution in [0.2, 0.25) is 5.02 Å². The molecule has 0 amide bonds. The van der Waals surface area contributed by atoms with E-state index >= 15 is 0 Å². The van der Waals surface area contributed by atoms with Crippen molar-refractivity contribution in [3.63, 3.8) is 0 Å². The summed E-state index contributed by atoms with van der Waals surface area (Å²) in [6, 6.07) is 14.6. The van der Waals surface area contributed by atoms with E-state index in [1.165, 1.54) is 26.5 Å². The van der Waals surface area contributed by atoms with E-state index in [-0.39, 0.29) is 0 Å². The molecule has 0 unspecified atom stereocenters. The van der Waals surface area contributed by atoms with Crippen LogP contribution in [-0.2, 0) is 0 Å². The van der Waals surface area contributed by atoms with Gasteiger partial charge in [-0.1, -0.05) is 47.6 Å². The van der Waals surface area contributed by atoms with Gasteiger partial charge in [-0.15, -0.1) is 0 Å². The van der Waals surface area contributed by atoms with Crippen molar-refractivity contribution in [1.29, 1.82) is 0 Å². The Balaban J connectivity index is 2.19. The summed E-state index contributed by atoms with van der Waals surface area (Å²) < 4.78 is 0. The molecule has 0 bridgehead atoms. The molecule has 1 aliphatic rings. The first kappa shape index (κ1) is 12.8. The minimum Gasteiger partial charge on any atom is -0.330 e. The van der Waals surface area contributed by atoms with Gasteiger partial charge in [-0.2, -0.15) is 0 Å². The quantitative estimate of drug-likeness (QED) is 0.746. The molecule has 1 aliphatic heterocycles. The van der Waals surface area contributed by atoms with Crippen molar-refractivity contribution in [1.82, 2.24) is 0 Å². The number of halogens is 1. The van der Waals surface area contributed by atoms with Crippen molar-refractivity contribution in [3.8, 4) is 0 Å². The Labute approximate surface area is 122 Å². The number of benzene rings is 2. The first-order valence-corrected chi connectivity index (χ1v) is 7.46. The van der Waals surface area contributed by atoms with Crippen molar-refractivity contribution in [3.05, 3.63) is 64.7 Å². The molecule has 0 saturated carbocycles. The molecular weight excluding hydrogens is 274 g/mol. The van der Waals surface area contributed by atoms with Crippen molar-refractivity contribution in [2.75, 3.05) is 6.54 Å². The molecule has 0 atom stereocenters. The van der Waals surface area contributed by atoms with Crippen LogP contribution in [0.5, 0.6) is 0 Å². The number of nitrogens with two attached hydrogens (primary N) is 1. The summed E-state index contributed by atoms with van der Waals surface area (Å²) in [5.74, 6) is 0. The first-order valence-electron chi connectivity index (χ1n) is 6.27. The number of rotatable bonds is 2. The van der Waals surface area contributed by atoms with Gasteiger partial charge in [0, 0.05) is 14.8 Å². The highest BCUT2D eigenvalue weighted by atomic mass is 35.5. The predicted molar refractivity (Wildman–Crippen MR) is 82.8 cm³/mol. The van der Waals surface area contributed by atoms with Crippen LogP contribution in [0.15, 0.2) is 58.3 Å². The molecule has 2 aromatic carbocycles. The Hall–Kier alpha value is -1.22. The van der Waals surface area contributed by atoms with Gasteiger partial charge in [0.15, 0.2) is 0 Å². The molecular formula is C16H14ClNS. The average Bonchev–Trinajstić information content (AvgIpc) is 2.44. The Morgan fingerprint density at radius 1 is 1.05 bits per heavy atom. The molecule has 1 heterocycles. The van der Waals surface area contributed by atoms with Gasteiger partial charge in [-0.3, -0.25) is 0 Å². The molecule has 0 spiro atoms. The zero-order chi connectivity index (χ0) is 13.2. The maximum Gasteiger partial charge on any atom is 0.0412 e. The van der Waals surface area contributed by atoms with E-state index in [1.807, 2.05) is 12.1 Å². The summed E-state index contributed by atoms with van der Waals surface area (Å²) in [5, 5.41) is 0.775. The average molecular weight is 288 g/mol. The lowest BCUT2D eigenvalue weighted by Gasteiger charge is -2.22. The maximum atomic E-state index is 6.14. The van der Waals surface area contributed by atoms with Gasteiger partial charge in [0.05, 0.1) is 0 Å². The van der Waals surface area contributed by atoms with Crippen LogP contribution >= 0.6 is 23.4 Å². The monoisotopic (exact) mass is 287 g/mol. The van der Waals surface area contributed by atoms with E-state index < -0.39 is 0 Å². The van der Waals surface area contributed by atoms with Gasteiger partial charge < -0.3 is 5.73 Å². The Morgan fingerprint density at radius 3 is 2.68 bits per heavy atom. The van der Waals surface area contributed by atoms with Gasteiger partial charge in [0.25, 0.3) is 0 Å². The summed E-state index contributed by atoms with van der Waals surface area (Å²) in [5.41, 5.74) is 9.37. The summed E-state index contributed by atoms with van der Waals surface area (Å²) >= 11 is 7.94. The van der Waals surface area contributed by atoms with Gasteiger partial charge in [-0.25, -0.2) is 0 Å². The summed E-state index contributed by atoms with van der Waals surface area (Å²) in [6.45, 7) is 0.661. The summed E-state index contributed by atoms with van der Waals surface area (Å²) in [4.78, 5) is 2.55. The normalized spacial score (nSPS) is 15.2. The molecule has 0 saturated heterocycles. The lowest BCUT2D eigenvalue weighted by atomic mass is 9.96. The second-order valence-electron chi connectivity index (χ2n) is 4.43. The Morgan fingerprint density at radius 2 is 1.84 bits per heavy atom. The van der Waals surface area contributed by atoms with Gasteiger partial charge >= 0.3 is 0 Å². The molecule has 2 N–H and O–H groups in total. The fourth-order valence-corrected chi connectivity index (χ4v) is 3.55. The molecule has 3 rings (SSSR count). The maximum absolute atomic E-state index is 6.14. The van der Waals surface area contributed by atoms with Crippen molar-refractivity contribution in [2.24, 2.45) is 5.73 Å². The van der Waals surface area contributed by atoms with Crippen LogP contribution in [0.4, 0.5) is 0 Å². The third-order valence-corrected chi connectivity index (χ3v) is 4.53. The van der Waals surface area contributed by atoms with E-state index in [2.05, 4.69) is 36.4 Å². The van der Waals surface area contributed by atoms with Crippen molar-refractivity contribution in [2.45, 2.75) is 16.2 Å². The summed E-state index contributed by atoms with van der Waals surface area (Å²) in [7, 11) is 0. The molecule has 19 heavy (non-hydrogen) atoms. The van der Waals surface area contributed by atoms with Crippen LogP contribution in [0.1, 0.15) is 17.5 Å². The largest absolute Gasteiger partial charge is 0.330 e. The lowest BCUT2D eigenvalue weighted by molar-refractivity contribution is 1.01. The van der Waals surface area contributed by atoms with E-state index in [9.17, 15) is 0 Å². The van der Waals surface area contributed by atoms with E-state index in [1.54, 1.807) is 11.8 Å². The van der Waals surface area contributed by atoms with Crippen LogP contribution in [0.25, 0.3) is 5.57 Å². The molecule has 96 valence electrons. The predicted octanol–water partition coefficient (Wildman–Crippen LogP) is 4.59. The van der Waals surface area contributed by atoms with E-state index in [0.29, 0.717) is 6.54 Å². The zero-order valence-corrected chi connectivity index (χ0v) is 12.0. The highest BCUT2D eigenvalue weighted by molar-refractivity contribution is 7.99. The third-order valence-electron chi connectivity index (χ3n) is 3.14. The first-order chi connectivity index (χ1) is 9.29. The fourth-order valence-electron chi connectivity index (χ4n) is 2.29. The molecule has 2 aromatic rings. The molecule has 1 nitrogen and oxygen atoms in total. The second-order valence-corrected chi connectivity index (χ2v) is 5.95. The molecule has 3 heteroatoms. The standard InChI is InChI=1S/C16H14ClNS/c17-11-7-8-16-14(10-11)12(5-3-9-18)13-4-1-2-6-15(13)19-16/h1-2,4-8,10H,3,9,18H2. The highest BCUT2D eigenvalue weighted by Gasteiger charge is 2.20. The van der Waals surface area contributed by atoms with Gasteiger partial charge in [0.2, 0.25) is 0 Å². The number of hydrogen-bond acceptors (Lipinski definition) is 2.